The molecule has 2 fully saturated rings. The molecular weight excluding hydrogens is 316 g/mol. The fourth-order valence-corrected chi connectivity index (χ4v) is 3.04. The average molecular weight is 333 g/mol. The molecule has 0 spiro atoms. The number of halogens is 2. The molecule has 0 radical (unpaired) electrons. The van der Waals surface area contributed by atoms with E-state index in [1.807, 2.05) is 0 Å². The molecule has 1 amide bonds. The van der Waals surface area contributed by atoms with Crippen LogP contribution in [-0.4, -0.2) is 18.6 Å². The Bertz CT molecular complexity index is 737. The van der Waals surface area contributed by atoms with Gasteiger partial charge in [-0.1, -0.05) is 12.1 Å². The molecule has 2 saturated carbocycles. The molecule has 1 aromatic carbocycles. The van der Waals surface area contributed by atoms with Crippen LogP contribution in [0, 0.1) is 0 Å². The normalized spacial score (nSPS) is 22.5. The van der Waals surface area contributed by atoms with Crippen molar-refractivity contribution < 1.29 is 22.7 Å². The Kier molecular flexibility index (Phi) is 3.75. The topological polar surface area (TPSA) is 51.5 Å². The van der Waals surface area contributed by atoms with Crippen molar-refractivity contribution in [3.05, 3.63) is 53.5 Å². The Hall–Kier alpha value is -2.37. The summed E-state index contributed by atoms with van der Waals surface area (Å²) in [6.07, 6.45) is 4.56. The molecule has 1 N–H and O–H groups in total. The van der Waals surface area contributed by atoms with Gasteiger partial charge in [-0.05, 0) is 43.0 Å². The highest BCUT2D eigenvalue weighted by Crippen LogP contribution is 2.43. The maximum absolute atomic E-state index is 12.4. The predicted octanol–water partition coefficient (Wildman–Crippen LogP) is 4.04. The van der Waals surface area contributed by atoms with Gasteiger partial charge in [0.1, 0.15) is 11.5 Å². The summed E-state index contributed by atoms with van der Waals surface area (Å²) in [7, 11) is 0. The van der Waals surface area contributed by atoms with Crippen LogP contribution in [-0.2, 0) is 0 Å². The second-order valence-electron chi connectivity index (χ2n) is 6.34. The van der Waals surface area contributed by atoms with Crippen molar-refractivity contribution in [1.82, 2.24) is 5.32 Å². The quantitative estimate of drug-likeness (QED) is 0.868. The van der Waals surface area contributed by atoms with E-state index in [2.05, 4.69) is 10.1 Å². The lowest BCUT2D eigenvalue weighted by Gasteiger charge is -2.07. The van der Waals surface area contributed by atoms with Gasteiger partial charge in [-0.2, -0.15) is 8.78 Å². The van der Waals surface area contributed by atoms with Gasteiger partial charge >= 0.3 is 6.61 Å². The zero-order valence-electron chi connectivity index (χ0n) is 12.9. The van der Waals surface area contributed by atoms with Crippen LogP contribution in [0.25, 0.3) is 0 Å². The van der Waals surface area contributed by atoms with Gasteiger partial charge in [-0.15, -0.1) is 0 Å². The number of furan rings is 1. The molecule has 4 rings (SSSR count). The average Bonchev–Trinajstić information content (AvgIpc) is 3.47. The van der Waals surface area contributed by atoms with E-state index in [4.69, 9.17) is 4.42 Å². The van der Waals surface area contributed by atoms with Crippen LogP contribution in [0.5, 0.6) is 5.75 Å². The van der Waals surface area contributed by atoms with E-state index in [0.717, 1.165) is 30.6 Å². The fraction of sp³-hybridized carbons (Fsp3) is 0.389. The third kappa shape index (κ3) is 3.13. The first-order valence-corrected chi connectivity index (χ1v) is 8.05. The molecule has 0 saturated heterocycles. The second-order valence-corrected chi connectivity index (χ2v) is 6.34. The number of amides is 1. The van der Waals surface area contributed by atoms with E-state index in [1.54, 1.807) is 24.5 Å². The summed E-state index contributed by atoms with van der Waals surface area (Å²) in [5.41, 5.74) is 1.64. The minimum absolute atomic E-state index is 0.0707. The highest BCUT2D eigenvalue weighted by atomic mass is 19.3. The van der Waals surface area contributed by atoms with Gasteiger partial charge in [-0.3, -0.25) is 4.79 Å². The first-order chi connectivity index (χ1) is 11.6. The number of hydrogen-bond donors (Lipinski definition) is 1. The summed E-state index contributed by atoms with van der Waals surface area (Å²) in [5.74, 6) is 1.43. The lowest BCUT2D eigenvalue weighted by molar-refractivity contribution is -0.0498. The van der Waals surface area contributed by atoms with Crippen LogP contribution in [0.4, 0.5) is 8.78 Å². The Morgan fingerprint density at radius 1 is 1.21 bits per heavy atom. The van der Waals surface area contributed by atoms with Crippen molar-refractivity contribution in [1.29, 1.82) is 0 Å². The van der Waals surface area contributed by atoms with E-state index < -0.39 is 6.61 Å². The van der Waals surface area contributed by atoms with Gasteiger partial charge in [-0.25, -0.2) is 0 Å². The van der Waals surface area contributed by atoms with Crippen molar-refractivity contribution in [2.24, 2.45) is 0 Å². The molecule has 0 unspecified atom stereocenters. The Morgan fingerprint density at radius 2 is 1.96 bits per heavy atom. The molecule has 2 aliphatic carbocycles. The molecule has 2 aromatic rings. The molecule has 126 valence electrons. The maximum Gasteiger partial charge on any atom is 0.387 e. The zero-order valence-corrected chi connectivity index (χ0v) is 12.9. The first kappa shape index (κ1) is 15.2. The highest BCUT2D eigenvalue weighted by molar-refractivity contribution is 5.95. The van der Waals surface area contributed by atoms with Crippen molar-refractivity contribution >= 4 is 5.91 Å². The van der Waals surface area contributed by atoms with E-state index in [1.165, 1.54) is 12.1 Å². The maximum atomic E-state index is 12.4. The molecule has 2 atom stereocenters. The molecule has 0 bridgehead atoms. The summed E-state index contributed by atoms with van der Waals surface area (Å²) < 4.78 is 34.1. The van der Waals surface area contributed by atoms with Gasteiger partial charge < -0.3 is 14.5 Å². The molecular formula is C18H17F2NO3. The number of benzene rings is 1. The van der Waals surface area contributed by atoms with Crippen molar-refractivity contribution in [3.63, 3.8) is 0 Å². The molecule has 4 nitrogen and oxygen atoms in total. The molecule has 1 aromatic heterocycles. The van der Waals surface area contributed by atoms with Crippen LogP contribution < -0.4 is 10.1 Å². The van der Waals surface area contributed by atoms with Crippen molar-refractivity contribution in [2.45, 2.75) is 43.8 Å². The van der Waals surface area contributed by atoms with E-state index >= 15 is 0 Å². The third-order valence-corrected chi connectivity index (χ3v) is 4.53. The van der Waals surface area contributed by atoms with E-state index in [0.29, 0.717) is 11.5 Å². The smallest absolute Gasteiger partial charge is 0.387 e. The summed E-state index contributed by atoms with van der Waals surface area (Å²) in [6.45, 7) is -2.82. The number of carbonyl (C=O) groups is 1. The monoisotopic (exact) mass is 333 g/mol. The minimum atomic E-state index is -2.82. The number of alkyl halides is 2. The van der Waals surface area contributed by atoms with Gasteiger partial charge in [0.05, 0.1) is 11.8 Å². The lowest BCUT2D eigenvalue weighted by Crippen LogP contribution is -2.26. The second kappa shape index (κ2) is 5.92. The van der Waals surface area contributed by atoms with Gasteiger partial charge in [0, 0.05) is 17.9 Å². The van der Waals surface area contributed by atoms with Crippen LogP contribution >= 0.6 is 0 Å². The summed E-state index contributed by atoms with van der Waals surface area (Å²) in [5, 5.41) is 3.02. The van der Waals surface area contributed by atoms with Crippen molar-refractivity contribution in [3.8, 4) is 5.75 Å². The number of nitrogens with one attached hydrogen (secondary N) is 1. The zero-order chi connectivity index (χ0) is 16.7. The molecule has 0 aliphatic heterocycles. The highest BCUT2D eigenvalue weighted by Gasteiger charge is 2.40. The first-order valence-electron chi connectivity index (χ1n) is 8.05. The lowest BCUT2D eigenvalue weighted by atomic mass is 10.1. The third-order valence-electron chi connectivity index (χ3n) is 4.53. The standard InChI is InChI=1S/C18H17F2NO3/c19-18(20)24-12-5-3-10(4-6-12)14-9-15(14)21-17(22)13-7-8-23-16(13)11-1-2-11/h3-8,11,14-15,18H,1-2,9H2,(H,21,22)/t14-,15+/m0/s1. The van der Waals surface area contributed by atoms with Gasteiger partial charge in [0.2, 0.25) is 0 Å². The summed E-state index contributed by atoms with van der Waals surface area (Å²) in [4.78, 5) is 12.4. The van der Waals surface area contributed by atoms with Crippen LogP contribution in [0.3, 0.4) is 0 Å². The van der Waals surface area contributed by atoms with Crippen LogP contribution in [0.2, 0.25) is 0 Å². The molecule has 1 heterocycles. The number of hydrogen-bond acceptors (Lipinski definition) is 3. The molecule has 6 heteroatoms. The Labute approximate surface area is 137 Å². The minimum Gasteiger partial charge on any atom is -0.468 e. The Balaban J connectivity index is 1.36. The van der Waals surface area contributed by atoms with E-state index in [-0.39, 0.29) is 23.6 Å². The molecule has 2 aliphatic rings. The predicted molar refractivity (Wildman–Crippen MR) is 82.4 cm³/mol. The molecule has 24 heavy (non-hydrogen) atoms. The summed E-state index contributed by atoms with van der Waals surface area (Å²) in [6, 6.07) is 8.38. The number of rotatable bonds is 6. The largest absolute Gasteiger partial charge is 0.468 e. The van der Waals surface area contributed by atoms with E-state index in [9.17, 15) is 13.6 Å². The SMILES string of the molecule is O=C(N[C@@H]1C[C@H]1c1ccc(OC(F)F)cc1)c1ccoc1C1CC1. The summed E-state index contributed by atoms with van der Waals surface area (Å²) >= 11 is 0. The number of carbonyl (C=O) groups excluding carboxylic acids is 1. The van der Waals surface area contributed by atoms with Crippen LogP contribution in [0.15, 0.2) is 41.0 Å². The van der Waals surface area contributed by atoms with Crippen LogP contribution in [0.1, 0.15) is 52.8 Å². The van der Waals surface area contributed by atoms with Gasteiger partial charge in [0.25, 0.3) is 5.91 Å². The fourth-order valence-electron chi connectivity index (χ4n) is 3.04. The van der Waals surface area contributed by atoms with Gasteiger partial charge in [0.15, 0.2) is 0 Å². The van der Waals surface area contributed by atoms with Crippen molar-refractivity contribution in [2.75, 3.05) is 0 Å². The number of ether oxygens (including phenoxy) is 1. The Morgan fingerprint density at radius 3 is 2.62 bits per heavy atom.